The summed E-state index contributed by atoms with van der Waals surface area (Å²) in [6, 6.07) is 52.7. The number of hydrogen-bond acceptors (Lipinski definition) is 4. The minimum atomic E-state index is -2.11. The van der Waals surface area contributed by atoms with Crippen LogP contribution >= 0.6 is 0 Å². The average molecular weight is 925 g/mol. The fraction of sp³-hybridized carbons (Fsp3) is 0.140. The summed E-state index contributed by atoms with van der Waals surface area (Å²) in [5, 5.41) is 4.58. The minimum Gasteiger partial charge on any atom is -0.499 e. The second-order valence-electron chi connectivity index (χ2n) is 15.4. The first kappa shape index (κ1) is 34.9. The van der Waals surface area contributed by atoms with Gasteiger partial charge in [-0.15, -0.1) is 59.2 Å². The van der Waals surface area contributed by atoms with Crippen LogP contribution in [0.5, 0.6) is 0 Å². The number of fused-ring (bicyclic) bond motifs is 4. The maximum absolute atomic E-state index is 7.49. The van der Waals surface area contributed by atoms with E-state index in [1.165, 1.54) is 21.9 Å². The van der Waals surface area contributed by atoms with E-state index in [-0.39, 0.29) is 25.5 Å². The number of rotatable bonds is 6. The van der Waals surface area contributed by atoms with Crippen molar-refractivity contribution in [3.05, 3.63) is 181 Å². The number of furan rings is 1. The van der Waals surface area contributed by atoms with Gasteiger partial charge in [-0.25, -0.2) is 4.98 Å². The van der Waals surface area contributed by atoms with Gasteiger partial charge in [0.25, 0.3) is 0 Å². The maximum Gasteiger partial charge on any atom is 0.139 e. The molecule has 0 atom stereocenters. The summed E-state index contributed by atoms with van der Waals surface area (Å²) < 4.78 is 28.6. The van der Waals surface area contributed by atoms with E-state index in [1.54, 1.807) is 18.2 Å². The van der Waals surface area contributed by atoms with Gasteiger partial charge in [-0.1, -0.05) is 137 Å². The molecule has 0 saturated heterocycles. The number of hydrogen-bond donors (Lipinski definition) is 0. The molecular formula is C50H43IrN3OSi-2. The van der Waals surface area contributed by atoms with Gasteiger partial charge >= 0.3 is 0 Å². The Hall–Kier alpha value is -5.52. The van der Waals surface area contributed by atoms with Crippen LogP contribution < -0.4 is 5.19 Å². The van der Waals surface area contributed by atoms with Gasteiger partial charge in [-0.3, -0.25) is 0 Å². The summed E-state index contributed by atoms with van der Waals surface area (Å²) in [5.74, 6) is 0. The third-order valence-corrected chi connectivity index (χ3v) is 12.2. The smallest absolute Gasteiger partial charge is 0.139 e. The Labute approximate surface area is 348 Å². The average Bonchev–Trinajstić information content (AvgIpc) is 3.61. The molecule has 0 spiro atoms. The van der Waals surface area contributed by atoms with Crippen LogP contribution in [0.1, 0.15) is 34.8 Å². The molecule has 0 amide bonds. The summed E-state index contributed by atoms with van der Waals surface area (Å²) >= 11 is 0. The maximum atomic E-state index is 7.49. The standard InChI is InChI=1S/C29H21N2O.C21H22NSi.Ir/c1-29(2,22-10-4-3-5-11-22)27-15-14-26-28(31-27)23-16-20(12-13-25(23)32-26)24-17-19-8-6-7-9-21(19)18-30-24;1-16-10-12-18(13-11-16)20-14-19(17-8-6-5-7-9-17)21(15-22-20)23(2,3)4;/h3-11,13-18H,1-2H3;5-12,14-15H,1-4H3;/q2*-1;/i;1D3;. The van der Waals surface area contributed by atoms with Crippen LogP contribution in [-0.4, -0.2) is 23.0 Å². The van der Waals surface area contributed by atoms with Crippen molar-refractivity contribution in [1.82, 2.24) is 15.0 Å². The minimum absolute atomic E-state index is 0. The third kappa shape index (κ3) is 7.92. The van der Waals surface area contributed by atoms with Gasteiger partial charge in [0, 0.05) is 42.0 Å². The normalized spacial score (nSPS) is 12.6. The van der Waals surface area contributed by atoms with E-state index in [0.717, 1.165) is 61.1 Å². The number of benzene rings is 5. The van der Waals surface area contributed by atoms with Gasteiger partial charge in [0.1, 0.15) is 5.58 Å². The fourth-order valence-corrected chi connectivity index (χ4v) is 8.43. The first-order valence-electron chi connectivity index (χ1n) is 20.0. The quantitative estimate of drug-likeness (QED) is 0.123. The molecule has 0 aliphatic rings. The zero-order valence-electron chi connectivity index (χ0n) is 35.0. The molecule has 4 nitrogen and oxygen atoms in total. The number of aromatic nitrogens is 3. The molecule has 9 aromatic rings. The van der Waals surface area contributed by atoms with Crippen LogP contribution in [0.3, 0.4) is 0 Å². The first-order valence-corrected chi connectivity index (χ1v) is 22.0. The van der Waals surface area contributed by atoms with Crippen molar-refractivity contribution < 1.29 is 28.6 Å². The van der Waals surface area contributed by atoms with Crippen molar-refractivity contribution in [1.29, 1.82) is 0 Å². The molecule has 4 heterocycles. The SMILES string of the molecule is CC(C)(c1ccccc1)c1ccc2oc3c[c-]c(-c4cc5ccccc5cn4)cc3c2n1.[2H]C([2H])([2H])c1c[c-]c(-c2cc(-c3ccccc3)c([Si](C)(C)C)cn2)cc1.[Ir]. The Morgan fingerprint density at radius 1 is 0.661 bits per heavy atom. The topological polar surface area (TPSA) is 51.8 Å². The summed E-state index contributed by atoms with van der Waals surface area (Å²) in [7, 11) is -1.57. The first-order chi connectivity index (χ1) is 27.8. The zero-order valence-corrected chi connectivity index (χ0v) is 35.4. The second kappa shape index (κ2) is 15.9. The monoisotopic (exact) mass is 925 g/mol. The molecule has 1 radical (unpaired) electrons. The molecule has 0 unspecified atom stereocenters. The van der Waals surface area contributed by atoms with Gasteiger partial charge in [-0.05, 0) is 61.6 Å². The van der Waals surface area contributed by atoms with Crippen molar-refractivity contribution in [2.75, 3.05) is 0 Å². The fourth-order valence-electron chi connectivity index (χ4n) is 6.96. The van der Waals surface area contributed by atoms with E-state index in [0.29, 0.717) is 5.56 Å². The van der Waals surface area contributed by atoms with Gasteiger partial charge in [0.15, 0.2) is 0 Å². The van der Waals surface area contributed by atoms with E-state index in [2.05, 4.69) is 128 Å². The van der Waals surface area contributed by atoms with Crippen molar-refractivity contribution >= 4 is 46.1 Å². The van der Waals surface area contributed by atoms with E-state index < -0.39 is 14.9 Å². The van der Waals surface area contributed by atoms with Crippen LogP contribution in [0.2, 0.25) is 19.6 Å². The third-order valence-electron chi connectivity index (χ3n) is 10.2. The van der Waals surface area contributed by atoms with Crippen molar-refractivity contribution in [2.24, 2.45) is 0 Å². The number of aryl methyl sites for hydroxylation is 1. The summed E-state index contributed by atoms with van der Waals surface area (Å²) in [4.78, 5) is 14.4. The van der Waals surface area contributed by atoms with Crippen LogP contribution in [0.4, 0.5) is 0 Å². The van der Waals surface area contributed by atoms with E-state index in [4.69, 9.17) is 13.5 Å². The van der Waals surface area contributed by atoms with E-state index in [1.807, 2.05) is 60.9 Å². The molecule has 5 aromatic carbocycles. The number of nitrogens with zero attached hydrogens (tertiary/aromatic N) is 3. The van der Waals surface area contributed by atoms with Crippen molar-refractivity contribution in [3.63, 3.8) is 0 Å². The Balaban J connectivity index is 0.000000180. The molecular weight excluding hydrogens is 879 g/mol. The second-order valence-corrected chi connectivity index (χ2v) is 20.4. The van der Waals surface area contributed by atoms with Gasteiger partial charge in [0.2, 0.25) is 0 Å². The Morgan fingerprint density at radius 3 is 2.05 bits per heavy atom. The predicted octanol–water partition coefficient (Wildman–Crippen LogP) is 12.4. The Kier molecular flexibility index (Phi) is 9.93. The zero-order chi connectivity index (χ0) is 40.7. The molecule has 0 aliphatic carbocycles. The molecule has 6 heteroatoms. The molecule has 4 aromatic heterocycles. The van der Waals surface area contributed by atoms with Crippen LogP contribution in [-0.2, 0) is 25.5 Å². The van der Waals surface area contributed by atoms with Gasteiger partial charge < -0.3 is 14.4 Å². The molecule has 0 N–H and O–H groups in total. The van der Waals surface area contributed by atoms with E-state index in [9.17, 15) is 0 Å². The van der Waals surface area contributed by atoms with Crippen LogP contribution in [0.25, 0.3) is 66.5 Å². The largest absolute Gasteiger partial charge is 0.499 e. The summed E-state index contributed by atoms with van der Waals surface area (Å²) in [5.41, 5.74) is 10.6. The molecule has 0 fully saturated rings. The molecule has 9 rings (SSSR count). The van der Waals surface area contributed by atoms with Gasteiger partial charge in [0.05, 0.1) is 24.9 Å². The predicted molar refractivity (Wildman–Crippen MR) is 231 cm³/mol. The van der Waals surface area contributed by atoms with Gasteiger partial charge in [-0.2, -0.15) is 0 Å². The molecule has 0 aliphatic heterocycles. The van der Waals surface area contributed by atoms with Crippen LogP contribution in [0.15, 0.2) is 156 Å². The van der Waals surface area contributed by atoms with Crippen molar-refractivity contribution in [2.45, 2.75) is 45.8 Å². The molecule has 0 saturated carbocycles. The molecule has 279 valence electrons. The van der Waals surface area contributed by atoms with E-state index >= 15 is 0 Å². The molecule has 0 bridgehead atoms. The van der Waals surface area contributed by atoms with Crippen LogP contribution in [0, 0.1) is 19.0 Å². The Morgan fingerprint density at radius 2 is 1.34 bits per heavy atom. The van der Waals surface area contributed by atoms with Crippen molar-refractivity contribution in [3.8, 4) is 33.6 Å². The molecule has 56 heavy (non-hydrogen) atoms. The summed E-state index contributed by atoms with van der Waals surface area (Å²) in [6.45, 7) is 9.24. The summed E-state index contributed by atoms with van der Waals surface area (Å²) in [6.07, 6.45) is 3.89. The Bertz CT molecular complexity index is 2890. The number of pyridine rings is 3.